The lowest BCUT2D eigenvalue weighted by Crippen LogP contribution is -2.25. The Kier molecular flexibility index (Phi) is 5.94. The minimum Gasteiger partial charge on any atom is -0.379 e. The predicted octanol–water partition coefficient (Wildman–Crippen LogP) is 2.76. The molecule has 2 amide bonds. The first-order valence-corrected chi connectivity index (χ1v) is 10.9. The van der Waals surface area contributed by atoms with E-state index in [0.717, 1.165) is 5.56 Å². The van der Waals surface area contributed by atoms with Crippen LogP contribution in [0.5, 0.6) is 5.75 Å². The number of nitrogens with zero attached hydrogens (tertiary/aromatic N) is 2. The first-order valence-electron chi connectivity index (χ1n) is 8.59. The molecule has 0 aliphatic carbocycles. The molecule has 1 aliphatic heterocycles. The molecule has 152 valence electrons. The van der Waals surface area contributed by atoms with Crippen LogP contribution in [-0.4, -0.2) is 30.4 Å². The van der Waals surface area contributed by atoms with Gasteiger partial charge in [0, 0.05) is 13.8 Å². The van der Waals surface area contributed by atoms with E-state index >= 15 is 0 Å². The van der Waals surface area contributed by atoms with Gasteiger partial charge in [0.05, 0.1) is 0 Å². The van der Waals surface area contributed by atoms with Crippen molar-refractivity contribution in [1.29, 1.82) is 0 Å². The molecular formula is C19H19N3O5S2. The van der Waals surface area contributed by atoms with E-state index in [1.807, 2.05) is 6.92 Å². The zero-order chi connectivity index (χ0) is 21.2. The van der Waals surface area contributed by atoms with Crippen molar-refractivity contribution in [1.82, 2.24) is 10.3 Å². The van der Waals surface area contributed by atoms with E-state index in [2.05, 4.69) is 10.4 Å². The van der Waals surface area contributed by atoms with Gasteiger partial charge in [0.15, 0.2) is 5.17 Å². The fourth-order valence-corrected chi connectivity index (χ4v) is 4.63. The molecule has 1 aliphatic rings. The van der Waals surface area contributed by atoms with Crippen molar-refractivity contribution in [2.24, 2.45) is 5.10 Å². The second kappa shape index (κ2) is 8.26. The maximum absolute atomic E-state index is 12.5. The summed E-state index contributed by atoms with van der Waals surface area (Å²) in [6, 6.07) is 12.7. The van der Waals surface area contributed by atoms with Gasteiger partial charge in [-0.25, -0.2) is 5.01 Å². The van der Waals surface area contributed by atoms with Crippen LogP contribution in [0.3, 0.4) is 0 Å². The Bertz CT molecular complexity index is 1080. The highest BCUT2D eigenvalue weighted by Gasteiger charge is 2.32. The third-order valence-corrected chi connectivity index (χ3v) is 6.27. The van der Waals surface area contributed by atoms with Crippen LogP contribution >= 0.6 is 11.8 Å². The molecule has 0 aromatic heterocycles. The molecule has 0 saturated heterocycles. The van der Waals surface area contributed by atoms with Gasteiger partial charge in [0.25, 0.3) is 0 Å². The predicted molar refractivity (Wildman–Crippen MR) is 110 cm³/mol. The van der Waals surface area contributed by atoms with Gasteiger partial charge in [-0.3, -0.25) is 9.59 Å². The van der Waals surface area contributed by atoms with Crippen LogP contribution in [-0.2, 0) is 19.7 Å². The monoisotopic (exact) mass is 433 g/mol. The molecule has 2 aromatic carbocycles. The highest BCUT2D eigenvalue weighted by atomic mass is 32.2. The number of carbonyl (C=O) groups is 2. The van der Waals surface area contributed by atoms with Crippen LogP contribution in [0.4, 0.5) is 0 Å². The fraction of sp³-hybridized carbons (Fsp3) is 0.211. The van der Waals surface area contributed by atoms with Crippen molar-refractivity contribution < 1.29 is 22.2 Å². The number of thioether (sulfide) groups is 1. The van der Waals surface area contributed by atoms with Crippen LogP contribution < -0.4 is 9.50 Å². The second-order valence-electron chi connectivity index (χ2n) is 6.34. The highest BCUT2D eigenvalue weighted by molar-refractivity contribution is 8.14. The summed E-state index contributed by atoms with van der Waals surface area (Å²) in [5, 5.41) is 7.63. The molecule has 0 fully saturated rings. The van der Waals surface area contributed by atoms with Gasteiger partial charge in [0.1, 0.15) is 16.0 Å². The maximum atomic E-state index is 12.5. The van der Waals surface area contributed by atoms with Crippen LogP contribution in [0.15, 0.2) is 58.5 Å². The lowest BCUT2D eigenvalue weighted by molar-refractivity contribution is -0.129. The number of amides is 2. The van der Waals surface area contributed by atoms with E-state index in [0.29, 0.717) is 5.56 Å². The number of hydrogen-bond donors (Lipinski definition) is 1. The maximum Gasteiger partial charge on any atom is 0.339 e. The molecule has 1 N–H and O–H groups in total. The van der Waals surface area contributed by atoms with Crippen LogP contribution in [0.2, 0.25) is 0 Å². The third kappa shape index (κ3) is 4.96. The number of amidine groups is 1. The molecule has 1 atom stereocenters. The summed E-state index contributed by atoms with van der Waals surface area (Å²) in [6.45, 7) is 4.56. The molecule has 29 heavy (non-hydrogen) atoms. The molecule has 10 heteroatoms. The van der Waals surface area contributed by atoms with Gasteiger partial charge in [0.2, 0.25) is 11.8 Å². The Hall–Kier alpha value is -2.85. The Labute approximate surface area is 173 Å². The Morgan fingerprint density at radius 2 is 1.83 bits per heavy atom. The zero-order valence-corrected chi connectivity index (χ0v) is 17.6. The number of nitrogens with one attached hydrogen (secondary N) is 1. The number of benzene rings is 2. The molecule has 1 heterocycles. The van der Waals surface area contributed by atoms with Crippen LogP contribution in [0, 0.1) is 6.92 Å². The molecule has 8 nitrogen and oxygen atoms in total. The third-order valence-electron chi connectivity index (χ3n) is 3.91. The van der Waals surface area contributed by atoms with Gasteiger partial charge in [-0.2, -0.15) is 8.42 Å². The van der Waals surface area contributed by atoms with E-state index in [-0.39, 0.29) is 27.6 Å². The first-order chi connectivity index (χ1) is 13.7. The summed E-state index contributed by atoms with van der Waals surface area (Å²) in [5.41, 5.74) is 1.54. The summed E-state index contributed by atoms with van der Waals surface area (Å²) in [5.74, 6) is -0.511. The fourth-order valence-electron chi connectivity index (χ4n) is 2.58. The smallest absolute Gasteiger partial charge is 0.339 e. The Morgan fingerprint density at radius 3 is 2.45 bits per heavy atom. The standard InChI is InChI=1S/C19H19N3O5S2/c1-12-7-9-17(10-8-12)29(25,26)27-16-6-4-5-15(11-16)18-22(14(3)24)21-19(28-18)20-13(2)23/h4-11,18H,1-3H3,(H,20,21,23). The Morgan fingerprint density at radius 1 is 1.14 bits per heavy atom. The second-order valence-corrected chi connectivity index (χ2v) is 8.96. The van der Waals surface area contributed by atoms with Gasteiger partial charge >= 0.3 is 10.1 Å². The van der Waals surface area contributed by atoms with Crippen molar-refractivity contribution in [2.75, 3.05) is 0 Å². The molecule has 1 unspecified atom stereocenters. The summed E-state index contributed by atoms with van der Waals surface area (Å²) in [6.07, 6.45) is 0. The van der Waals surface area contributed by atoms with Crippen molar-refractivity contribution in [3.05, 3.63) is 59.7 Å². The van der Waals surface area contributed by atoms with Crippen LogP contribution in [0.25, 0.3) is 0 Å². The van der Waals surface area contributed by atoms with E-state index in [1.54, 1.807) is 24.3 Å². The molecule has 2 aromatic rings. The van der Waals surface area contributed by atoms with Gasteiger partial charge in [-0.1, -0.05) is 41.6 Å². The zero-order valence-electron chi connectivity index (χ0n) is 15.9. The number of aryl methyl sites for hydroxylation is 1. The summed E-state index contributed by atoms with van der Waals surface area (Å²) in [4.78, 5) is 23.3. The van der Waals surface area contributed by atoms with Crippen molar-refractivity contribution >= 4 is 38.9 Å². The van der Waals surface area contributed by atoms with Gasteiger partial charge < -0.3 is 9.50 Å². The summed E-state index contributed by atoms with van der Waals surface area (Å²) < 4.78 is 30.3. The highest BCUT2D eigenvalue weighted by Crippen LogP contribution is 2.39. The topological polar surface area (TPSA) is 105 Å². The lowest BCUT2D eigenvalue weighted by Gasteiger charge is -2.19. The number of carbonyl (C=O) groups excluding carboxylic acids is 2. The average molecular weight is 434 g/mol. The molecule has 0 spiro atoms. The van der Waals surface area contributed by atoms with Gasteiger partial charge in [-0.05, 0) is 36.8 Å². The van der Waals surface area contributed by atoms with E-state index in [1.165, 1.54) is 54.9 Å². The molecular weight excluding hydrogens is 414 g/mol. The normalized spacial score (nSPS) is 16.3. The number of hydrazone groups is 1. The van der Waals surface area contributed by atoms with Crippen LogP contribution in [0.1, 0.15) is 30.3 Å². The SMILES string of the molecule is CC(=O)NC1=NN(C(C)=O)C(c2cccc(OS(=O)(=O)c3ccc(C)cc3)c2)S1. The van der Waals surface area contributed by atoms with Crippen molar-refractivity contribution in [3.8, 4) is 5.75 Å². The number of rotatable bonds is 4. The lowest BCUT2D eigenvalue weighted by atomic mass is 10.2. The Balaban J connectivity index is 1.85. The van der Waals surface area contributed by atoms with E-state index < -0.39 is 15.5 Å². The quantitative estimate of drug-likeness (QED) is 0.744. The molecule has 0 radical (unpaired) electrons. The molecule has 0 saturated carbocycles. The summed E-state index contributed by atoms with van der Waals surface area (Å²) >= 11 is 1.17. The minimum atomic E-state index is -4.00. The molecule has 3 rings (SSSR count). The van der Waals surface area contributed by atoms with Gasteiger partial charge in [-0.15, -0.1) is 5.10 Å². The van der Waals surface area contributed by atoms with Crippen molar-refractivity contribution in [2.45, 2.75) is 31.0 Å². The summed E-state index contributed by atoms with van der Waals surface area (Å²) in [7, 11) is -4.00. The number of hydrogen-bond acceptors (Lipinski definition) is 7. The van der Waals surface area contributed by atoms with Crippen molar-refractivity contribution in [3.63, 3.8) is 0 Å². The average Bonchev–Trinajstić information content (AvgIpc) is 3.05. The van der Waals surface area contributed by atoms with E-state index in [4.69, 9.17) is 4.18 Å². The van der Waals surface area contributed by atoms with E-state index in [9.17, 15) is 18.0 Å². The first kappa shape index (κ1) is 20.9. The minimum absolute atomic E-state index is 0.0467. The molecule has 0 bridgehead atoms. The largest absolute Gasteiger partial charge is 0.379 e.